The van der Waals surface area contributed by atoms with Crippen molar-refractivity contribution in [2.45, 2.75) is 18.9 Å². The highest BCUT2D eigenvalue weighted by atomic mass is 15.5. The zero-order chi connectivity index (χ0) is 9.26. The van der Waals surface area contributed by atoms with Crippen molar-refractivity contribution >= 4 is 5.82 Å². The van der Waals surface area contributed by atoms with Gasteiger partial charge in [0, 0.05) is 26.2 Å². The number of rotatable bonds is 1. The minimum Gasteiger partial charge on any atom is -0.354 e. The van der Waals surface area contributed by atoms with Gasteiger partial charge in [-0.25, -0.2) is 4.68 Å². The number of anilines is 1. The quantitative estimate of drug-likeness (QED) is 0.648. The van der Waals surface area contributed by atoms with Gasteiger partial charge < -0.3 is 10.6 Å². The first-order valence-corrected chi connectivity index (χ1v) is 4.62. The number of hydrogen-bond acceptors (Lipinski definition) is 4. The molecule has 1 unspecified atom stereocenters. The minimum absolute atomic E-state index is 0.295. The summed E-state index contributed by atoms with van der Waals surface area (Å²) in [5.41, 5.74) is 5.89. The molecule has 2 rings (SSSR count). The Bertz CT molecular complexity index is 282. The van der Waals surface area contributed by atoms with E-state index in [4.69, 9.17) is 5.73 Å². The van der Waals surface area contributed by atoms with E-state index in [0.29, 0.717) is 6.04 Å². The van der Waals surface area contributed by atoms with E-state index in [1.807, 2.05) is 7.05 Å². The maximum atomic E-state index is 5.89. The highest BCUT2D eigenvalue weighted by molar-refractivity contribution is 5.36. The van der Waals surface area contributed by atoms with Crippen LogP contribution in [0.5, 0.6) is 0 Å². The Morgan fingerprint density at radius 3 is 3.08 bits per heavy atom. The molecule has 0 bridgehead atoms. The second-order valence-electron chi connectivity index (χ2n) is 3.56. The van der Waals surface area contributed by atoms with Gasteiger partial charge in [-0.3, -0.25) is 0 Å². The fraction of sp³-hybridized carbons (Fsp3) is 0.750. The molecule has 1 fully saturated rings. The first kappa shape index (κ1) is 8.50. The predicted octanol–water partition coefficient (Wildman–Crippen LogP) is -0.257. The van der Waals surface area contributed by atoms with E-state index in [9.17, 15) is 0 Å². The third kappa shape index (κ3) is 1.65. The van der Waals surface area contributed by atoms with Crippen LogP contribution in [0.4, 0.5) is 5.82 Å². The number of aromatic nitrogens is 3. The summed E-state index contributed by atoms with van der Waals surface area (Å²) >= 11 is 0. The van der Waals surface area contributed by atoms with Crippen molar-refractivity contribution in [3.05, 3.63) is 6.20 Å². The molecule has 0 aromatic carbocycles. The SMILES string of the molecule is Cn1nncc1N1CCCC(N)C1. The first-order chi connectivity index (χ1) is 6.27. The summed E-state index contributed by atoms with van der Waals surface area (Å²) < 4.78 is 1.79. The number of aryl methyl sites for hydroxylation is 1. The minimum atomic E-state index is 0.295. The van der Waals surface area contributed by atoms with Gasteiger partial charge in [0.1, 0.15) is 5.82 Å². The summed E-state index contributed by atoms with van der Waals surface area (Å²) in [5, 5.41) is 7.75. The Labute approximate surface area is 77.5 Å². The average Bonchev–Trinajstić information content (AvgIpc) is 2.51. The van der Waals surface area contributed by atoms with Crippen LogP contribution in [0.2, 0.25) is 0 Å². The Morgan fingerprint density at radius 2 is 2.46 bits per heavy atom. The van der Waals surface area contributed by atoms with Crippen LogP contribution in [0.15, 0.2) is 6.20 Å². The molecule has 2 N–H and O–H groups in total. The summed E-state index contributed by atoms with van der Waals surface area (Å²) in [6.07, 6.45) is 4.08. The molecule has 1 aliphatic heterocycles. The summed E-state index contributed by atoms with van der Waals surface area (Å²) in [6, 6.07) is 0.295. The van der Waals surface area contributed by atoms with Crippen molar-refractivity contribution in [3.8, 4) is 0 Å². The molecule has 1 aromatic heterocycles. The van der Waals surface area contributed by atoms with Crippen LogP contribution in [-0.2, 0) is 7.05 Å². The molecule has 1 saturated heterocycles. The first-order valence-electron chi connectivity index (χ1n) is 4.62. The van der Waals surface area contributed by atoms with Crippen molar-refractivity contribution in [2.24, 2.45) is 12.8 Å². The molecule has 0 aliphatic carbocycles. The largest absolute Gasteiger partial charge is 0.354 e. The van der Waals surface area contributed by atoms with Gasteiger partial charge in [0.25, 0.3) is 0 Å². The second kappa shape index (κ2) is 3.33. The van der Waals surface area contributed by atoms with Crippen LogP contribution < -0.4 is 10.6 Å². The van der Waals surface area contributed by atoms with E-state index in [1.54, 1.807) is 10.9 Å². The molecule has 13 heavy (non-hydrogen) atoms. The predicted molar refractivity (Wildman–Crippen MR) is 50.4 cm³/mol. The van der Waals surface area contributed by atoms with Gasteiger partial charge in [0.05, 0.1) is 6.20 Å². The highest BCUT2D eigenvalue weighted by Crippen LogP contribution is 2.16. The van der Waals surface area contributed by atoms with Gasteiger partial charge in [0.2, 0.25) is 0 Å². The van der Waals surface area contributed by atoms with Crippen molar-refractivity contribution in [3.63, 3.8) is 0 Å². The van der Waals surface area contributed by atoms with Crippen LogP contribution >= 0.6 is 0 Å². The van der Waals surface area contributed by atoms with Crippen LogP contribution in [0.1, 0.15) is 12.8 Å². The molecule has 5 heteroatoms. The maximum Gasteiger partial charge on any atom is 0.147 e. The van der Waals surface area contributed by atoms with Gasteiger partial charge in [-0.2, -0.15) is 0 Å². The molecule has 0 radical (unpaired) electrons. The molecule has 5 nitrogen and oxygen atoms in total. The Balaban J connectivity index is 2.12. The third-order valence-electron chi connectivity index (χ3n) is 2.47. The van der Waals surface area contributed by atoms with Crippen LogP contribution in [0, 0.1) is 0 Å². The van der Waals surface area contributed by atoms with Gasteiger partial charge in [-0.1, -0.05) is 5.21 Å². The molecule has 0 spiro atoms. The molecule has 1 atom stereocenters. The summed E-state index contributed by atoms with van der Waals surface area (Å²) in [6.45, 7) is 1.98. The molecule has 0 amide bonds. The summed E-state index contributed by atoms with van der Waals surface area (Å²) in [7, 11) is 1.91. The van der Waals surface area contributed by atoms with Crippen LogP contribution in [0.25, 0.3) is 0 Å². The Morgan fingerprint density at radius 1 is 1.62 bits per heavy atom. The van der Waals surface area contributed by atoms with E-state index in [1.165, 1.54) is 0 Å². The lowest BCUT2D eigenvalue weighted by atomic mass is 10.1. The fourth-order valence-electron chi connectivity index (χ4n) is 1.79. The van der Waals surface area contributed by atoms with E-state index >= 15 is 0 Å². The number of nitrogens with two attached hydrogens (primary N) is 1. The lowest BCUT2D eigenvalue weighted by Crippen LogP contribution is -2.43. The number of hydrogen-bond donors (Lipinski definition) is 1. The van der Waals surface area contributed by atoms with E-state index in [-0.39, 0.29) is 0 Å². The summed E-state index contributed by atoms with van der Waals surface area (Å²) in [4.78, 5) is 2.24. The second-order valence-corrected chi connectivity index (χ2v) is 3.56. The topological polar surface area (TPSA) is 60.0 Å². The summed E-state index contributed by atoms with van der Waals surface area (Å²) in [5.74, 6) is 1.06. The lowest BCUT2D eigenvalue weighted by Gasteiger charge is -2.31. The Kier molecular flexibility index (Phi) is 2.18. The zero-order valence-corrected chi connectivity index (χ0v) is 7.85. The lowest BCUT2D eigenvalue weighted by molar-refractivity contribution is 0.496. The van der Waals surface area contributed by atoms with Gasteiger partial charge >= 0.3 is 0 Å². The third-order valence-corrected chi connectivity index (χ3v) is 2.47. The molecule has 1 aromatic rings. The molecule has 1 aliphatic rings. The van der Waals surface area contributed by atoms with Gasteiger partial charge in [0.15, 0.2) is 0 Å². The van der Waals surface area contributed by atoms with Gasteiger partial charge in [-0.15, -0.1) is 5.10 Å². The van der Waals surface area contributed by atoms with E-state index in [0.717, 1.165) is 31.7 Å². The highest BCUT2D eigenvalue weighted by Gasteiger charge is 2.18. The van der Waals surface area contributed by atoms with Crippen molar-refractivity contribution in [1.29, 1.82) is 0 Å². The number of nitrogens with zero attached hydrogens (tertiary/aromatic N) is 4. The van der Waals surface area contributed by atoms with Crippen molar-refractivity contribution in [1.82, 2.24) is 15.0 Å². The standard InChI is InChI=1S/C8H15N5/c1-12-8(5-10-11-12)13-4-2-3-7(9)6-13/h5,7H,2-4,6,9H2,1H3. The molecular weight excluding hydrogens is 166 g/mol. The zero-order valence-electron chi connectivity index (χ0n) is 7.85. The van der Waals surface area contributed by atoms with Crippen LogP contribution in [0.3, 0.4) is 0 Å². The maximum absolute atomic E-state index is 5.89. The fourth-order valence-corrected chi connectivity index (χ4v) is 1.79. The van der Waals surface area contributed by atoms with E-state index < -0.39 is 0 Å². The molecular formula is C8H15N5. The smallest absolute Gasteiger partial charge is 0.147 e. The average molecular weight is 181 g/mol. The van der Waals surface area contributed by atoms with Gasteiger partial charge in [-0.05, 0) is 12.8 Å². The van der Waals surface area contributed by atoms with Crippen LogP contribution in [-0.4, -0.2) is 34.1 Å². The molecule has 0 saturated carbocycles. The van der Waals surface area contributed by atoms with E-state index in [2.05, 4.69) is 15.2 Å². The van der Waals surface area contributed by atoms with Crippen molar-refractivity contribution < 1.29 is 0 Å². The number of piperidine rings is 1. The molecule has 2 heterocycles. The van der Waals surface area contributed by atoms with Crippen molar-refractivity contribution in [2.75, 3.05) is 18.0 Å². The Hall–Kier alpha value is -1.10. The molecule has 72 valence electrons. The normalized spacial score (nSPS) is 23.5. The monoisotopic (exact) mass is 181 g/mol.